The molecule has 2 aromatic carbocycles. The molecule has 33 heavy (non-hydrogen) atoms. The predicted molar refractivity (Wildman–Crippen MR) is 122 cm³/mol. The van der Waals surface area contributed by atoms with E-state index >= 15 is 0 Å². The van der Waals surface area contributed by atoms with Gasteiger partial charge in [0.1, 0.15) is 18.1 Å². The first-order chi connectivity index (χ1) is 16.1. The summed E-state index contributed by atoms with van der Waals surface area (Å²) in [6.45, 7) is 2.86. The normalized spacial score (nSPS) is 14.7. The zero-order chi connectivity index (χ0) is 23.2. The molecule has 0 saturated carbocycles. The summed E-state index contributed by atoms with van der Waals surface area (Å²) in [7, 11) is 1.51. The average molecular weight is 449 g/mol. The van der Waals surface area contributed by atoms with Gasteiger partial charge >= 0.3 is 5.97 Å². The van der Waals surface area contributed by atoms with E-state index < -0.39 is 11.9 Å². The minimum atomic E-state index is -1.20. The van der Waals surface area contributed by atoms with Crippen LogP contribution in [-0.2, 0) is 14.3 Å². The van der Waals surface area contributed by atoms with Crippen molar-refractivity contribution in [1.29, 1.82) is 5.26 Å². The van der Waals surface area contributed by atoms with Gasteiger partial charge in [0, 0.05) is 39.0 Å². The lowest BCUT2D eigenvalue weighted by molar-refractivity contribution is -0.145. The Morgan fingerprint density at radius 2 is 1.67 bits per heavy atom. The number of carbonyl (C=O) groups excluding carboxylic acids is 1. The van der Waals surface area contributed by atoms with E-state index in [9.17, 15) is 14.4 Å². The summed E-state index contributed by atoms with van der Waals surface area (Å²) in [5.74, 6) is -1.65. The van der Waals surface area contributed by atoms with Crippen molar-refractivity contribution in [3.63, 3.8) is 0 Å². The zero-order valence-electron chi connectivity index (χ0n) is 18.3. The number of esters is 1. The van der Waals surface area contributed by atoms with Crippen LogP contribution < -0.4 is 9.80 Å². The highest BCUT2D eigenvalue weighted by Gasteiger charge is 2.31. The van der Waals surface area contributed by atoms with Crippen molar-refractivity contribution in [3.05, 3.63) is 60.0 Å². The maximum Gasteiger partial charge on any atom is 0.329 e. The van der Waals surface area contributed by atoms with Crippen LogP contribution in [0.3, 0.4) is 0 Å². The van der Waals surface area contributed by atoms with Gasteiger partial charge in [-0.05, 0) is 36.4 Å². The van der Waals surface area contributed by atoms with Gasteiger partial charge < -0.3 is 19.3 Å². The molecule has 0 unspecified atom stereocenters. The second kappa shape index (κ2) is 10.2. The molecule has 0 radical (unpaired) electrons. The summed E-state index contributed by atoms with van der Waals surface area (Å²) in [5, 5.41) is 9.81. The molecule has 0 bridgehead atoms. The van der Waals surface area contributed by atoms with Gasteiger partial charge in [0.05, 0.1) is 23.7 Å². The molecule has 170 valence electrons. The number of hydrogen-bond donors (Lipinski definition) is 0. The Balaban J connectivity index is 1.61. The average Bonchev–Trinajstić information content (AvgIpc) is 2.85. The van der Waals surface area contributed by atoms with Crippen molar-refractivity contribution in [3.8, 4) is 6.07 Å². The van der Waals surface area contributed by atoms with Crippen molar-refractivity contribution in [2.45, 2.75) is 5.92 Å². The van der Waals surface area contributed by atoms with Crippen LogP contribution in [0.15, 0.2) is 48.5 Å². The molecule has 2 heterocycles. The number of ether oxygens (including phenoxy) is 2. The first kappa shape index (κ1) is 22.4. The van der Waals surface area contributed by atoms with Crippen LogP contribution in [0.25, 0.3) is 11.0 Å². The lowest BCUT2D eigenvalue weighted by Crippen LogP contribution is -2.47. The van der Waals surface area contributed by atoms with E-state index in [1.807, 2.05) is 29.2 Å². The monoisotopic (exact) mass is 449 g/mol. The Labute approximate surface area is 191 Å². The number of fused-ring (bicyclic) bond motifs is 1. The Kier molecular flexibility index (Phi) is 6.95. The van der Waals surface area contributed by atoms with E-state index in [1.54, 1.807) is 18.2 Å². The third-order valence-electron chi connectivity index (χ3n) is 5.52. The summed E-state index contributed by atoms with van der Waals surface area (Å²) >= 11 is 0. The Morgan fingerprint density at radius 1 is 1.03 bits per heavy atom. The fraction of sp³-hybridized carbons (Fsp3) is 0.333. The molecular formula is C24H24FN5O3. The number of benzene rings is 2. The number of methoxy groups -OCH3 is 1. The van der Waals surface area contributed by atoms with Crippen molar-refractivity contribution >= 4 is 28.5 Å². The van der Waals surface area contributed by atoms with Gasteiger partial charge in [-0.25, -0.2) is 14.4 Å². The van der Waals surface area contributed by atoms with E-state index in [0.29, 0.717) is 43.0 Å². The van der Waals surface area contributed by atoms with Crippen LogP contribution in [0, 0.1) is 17.1 Å². The molecule has 8 nitrogen and oxygen atoms in total. The number of piperazine rings is 1. The number of aromatic nitrogens is 2. The largest absolute Gasteiger partial charge is 0.462 e. The highest BCUT2D eigenvalue weighted by atomic mass is 19.1. The Bertz CT molecular complexity index is 1160. The van der Waals surface area contributed by atoms with Crippen LogP contribution in [-0.4, -0.2) is 62.4 Å². The maximum atomic E-state index is 13.3. The van der Waals surface area contributed by atoms with Gasteiger partial charge in [-0.2, -0.15) is 5.26 Å². The highest BCUT2D eigenvalue weighted by Crippen LogP contribution is 2.29. The number of halogens is 1. The molecule has 4 rings (SSSR count). The summed E-state index contributed by atoms with van der Waals surface area (Å²) in [6, 6.07) is 15.8. The number of hydrogen-bond acceptors (Lipinski definition) is 8. The lowest BCUT2D eigenvalue weighted by Gasteiger charge is -2.37. The van der Waals surface area contributed by atoms with Crippen LogP contribution in [0.5, 0.6) is 0 Å². The molecule has 1 aliphatic heterocycles. The molecule has 0 N–H and O–H groups in total. The van der Waals surface area contributed by atoms with E-state index in [1.165, 1.54) is 19.2 Å². The molecule has 0 aliphatic carbocycles. The molecule has 0 amide bonds. The number of nitrogens with zero attached hydrogens (tertiary/aromatic N) is 5. The molecule has 1 saturated heterocycles. The quantitative estimate of drug-likeness (QED) is 0.402. The molecule has 1 fully saturated rings. The van der Waals surface area contributed by atoms with Crippen molar-refractivity contribution < 1.29 is 18.7 Å². The third kappa shape index (κ3) is 5.02. The molecule has 3 aromatic rings. The topological polar surface area (TPSA) is 91.6 Å². The number of para-hydroxylation sites is 2. The van der Waals surface area contributed by atoms with Crippen LogP contribution in [0.1, 0.15) is 11.6 Å². The van der Waals surface area contributed by atoms with E-state index in [4.69, 9.17) is 14.5 Å². The number of nitriles is 1. The van der Waals surface area contributed by atoms with Crippen LogP contribution in [0.2, 0.25) is 0 Å². The van der Waals surface area contributed by atoms with Gasteiger partial charge in [0.25, 0.3) is 0 Å². The van der Waals surface area contributed by atoms with Crippen molar-refractivity contribution in [2.75, 3.05) is 56.3 Å². The second-order valence-corrected chi connectivity index (χ2v) is 7.59. The van der Waals surface area contributed by atoms with E-state index in [0.717, 1.165) is 5.69 Å². The van der Waals surface area contributed by atoms with Gasteiger partial charge in [0.2, 0.25) is 0 Å². The SMILES string of the molecule is COCCOC(=O)[C@H](C#N)c1nc2ccccc2nc1N1CCN(c2ccc(F)cc2)CC1. The molecule has 0 spiro atoms. The summed E-state index contributed by atoms with van der Waals surface area (Å²) in [4.78, 5) is 26.3. The molecule has 1 aliphatic rings. The van der Waals surface area contributed by atoms with E-state index in [-0.39, 0.29) is 24.7 Å². The predicted octanol–water partition coefficient (Wildman–Crippen LogP) is 2.89. The van der Waals surface area contributed by atoms with Crippen LogP contribution >= 0.6 is 0 Å². The zero-order valence-corrected chi connectivity index (χ0v) is 18.3. The van der Waals surface area contributed by atoms with Gasteiger partial charge in [0.15, 0.2) is 11.7 Å². The minimum absolute atomic E-state index is 0.0558. The van der Waals surface area contributed by atoms with Gasteiger partial charge in [-0.15, -0.1) is 0 Å². The van der Waals surface area contributed by atoms with Crippen molar-refractivity contribution in [2.24, 2.45) is 0 Å². The standard InChI is InChI=1S/C24H24FN5O3/c1-32-14-15-33-24(31)19(16-26)22-23(28-21-5-3-2-4-20(21)27-22)30-12-10-29(11-13-30)18-8-6-17(25)7-9-18/h2-9,19H,10-15H2,1H3/t19-/m1/s1. The summed E-state index contributed by atoms with van der Waals surface area (Å²) < 4.78 is 23.4. The smallest absolute Gasteiger partial charge is 0.329 e. The molecule has 9 heteroatoms. The van der Waals surface area contributed by atoms with Crippen molar-refractivity contribution in [1.82, 2.24) is 9.97 Å². The molecular weight excluding hydrogens is 425 g/mol. The lowest BCUT2D eigenvalue weighted by atomic mass is 10.1. The van der Waals surface area contributed by atoms with Gasteiger partial charge in [-0.3, -0.25) is 4.79 Å². The Hall–Kier alpha value is -3.77. The second-order valence-electron chi connectivity index (χ2n) is 7.59. The number of rotatable bonds is 7. The summed E-state index contributed by atoms with van der Waals surface area (Å²) in [6.07, 6.45) is 0. The Morgan fingerprint density at radius 3 is 2.30 bits per heavy atom. The maximum absolute atomic E-state index is 13.3. The summed E-state index contributed by atoms with van der Waals surface area (Å²) in [5.41, 5.74) is 2.51. The molecule has 1 atom stereocenters. The molecule has 1 aromatic heterocycles. The fourth-order valence-electron chi connectivity index (χ4n) is 3.79. The highest BCUT2D eigenvalue weighted by molar-refractivity contribution is 5.85. The fourth-order valence-corrected chi connectivity index (χ4v) is 3.79. The first-order valence-corrected chi connectivity index (χ1v) is 10.7. The first-order valence-electron chi connectivity index (χ1n) is 10.7. The van der Waals surface area contributed by atoms with Gasteiger partial charge in [-0.1, -0.05) is 12.1 Å². The van der Waals surface area contributed by atoms with E-state index in [2.05, 4.69) is 9.88 Å². The van der Waals surface area contributed by atoms with Crippen LogP contribution in [0.4, 0.5) is 15.9 Å². The number of anilines is 2. The number of carbonyl (C=O) groups is 1. The third-order valence-corrected chi connectivity index (χ3v) is 5.52. The minimum Gasteiger partial charge on any atom is -0.462 e.